The van der Waals surface area contributed by atoms with Crippen LogP contribution in [0.5, 0.6) is 5.75 Å². The van der Waals surface area contributed by atoms with Gasteiger partial charge in [-0.15, -0.1) is 0 Å². The zero-order chi connectivity index (χ0) is 20.8. The summed E-state index contributed by atoms with van der Waals surface area (Å²) >= 11 is 0. The number of halogens is 1. The van der Waals surface area contributed by atoms with Gasteiger partial charge in [-0.25, -0.2) is 15.0 Å². The van der Waals surface area contributed by atoms with Crippen LogP contribution in [0.25, 0.3) is 11.4 Å². The third kappa shape index (κ3) is 4.81. The van der Waals surface area contributed by atoms with Crippen molar-refractivity contribution in [3.05, 3.63) is 59.9 Å². The molecule has 1 unspecified atom stereocenters. The van der Waals surface area contributed by atoms with Crippen molar-refractivity contribution in [3.8, 4) is 17.1 Å². The number of amides is 1. The number of hydrogen-bond acceptors (Lipinski definition) is 7. The lowest BCUT2D eigenvalue weighted by molar-refractivity contribution is 0.0962. The van der Waals surface area contributed by atoms with Crippen LogP contribution in [0.3, 0.4) is 0 Å². The Morgan fingerprint density at radius 1 is 1.21 bits per heavy atom. The first kappa shape index (κ1) is 20.1. The number of pyridine rings is 1. The van der Waals surface area contributed by atoms with E-state index in [0.29, 0.717) is 35.2 Å². The van der Waals surface area contributed by atoms with Crippen LogP contribution in [0.2, 0.25) is 0 Å². The summed E-state index contributed by atoms with van der Waals surface area (Å²) in [6.07, 6.45) is 2.76. The van der Waals surface area contributed by atoms with Gasteiger partial charge in [-0.3, -0.25) is 4.79 Å². The predicted molar refractivity (Wildman–Crippen MR) is 106 cm³/mol. The van der Waals surface area contributed by atoms with Crippen LogP contribution < -0.4 is 15.4 Å². The fourth-order valence-corrected chi connectivity index (χ4v) is 2.79. The van der Waals surface area contributed by atoms with E-state index >= 15 is 0 Å². The summed E-state index contributed by atoms with van der Waals surface area (Å²) < 4.78 is 18.4. The van der Waals surface area contributed by atoms with Gasteiger partial charge in [0.15, 0.2) is 5.82 Å². The van der Waals surface area contributed by atoms with Crippen LogP contribution in [-0.4, -0.2) is 46.5 Å². The number of methoxy groups -OCH3 is 1. The molecule has 0 aliphatic heterocycles. The lowest BCUT2D eigenvalue weighted by atomic mass is 9.98. The molecule has 1 aromatic carbocycles. The maximum Gasteiger partial charge on any atom is 0.251 e. The van der Waals surface area contributed by atoms with Gasteiger partial charge < -0.3 is 15.4 Å². The smallest absolute Gasteiger partial charge is 0.251 e. The van der Waals surface area contributed by atoms with Crippen molar-refractivity contribution in [3.63, 3.8) is 0 Å². The van der Waals surface area contributed by atoms with E-state index in [1.54, 1.807) is 32.4 Å². The van der Waals surface area contributed by atoms with E-state index in [1.165, 1.54) is 18.6 Å². The molecule has 9 heteroatoms. The van der Waals surface area contributed by atoms with Gasteiger partial charge in [-0.2, -0.15) is 9.37 Å². The number of nitrogens with zero attached hydrogens (tertiary/aromatic N) is 4. The van der Waals surface area contributed by atoms with Gasteiger partial charge >= 0.3 is 0 Å². The molecule has 8 nitrogen and oxygen atoms in total. The van der Waals surface area contributed by atoms with Gasteiger partial charge in [0.05, 0.1) is 7.11 Å². The number of hydrogen-bond donors (Lipinski definition) is 2. The number of nitrogens with one attached hydrogen (secondary N) is 2. The van der Waals surface area contributed by atoms with Crippen LogP contribution in [0, 0.1) is 5.95 Å². The van der Waals surface area contributed by atoms with E-state index in [-0.39, 0.29) is 11.8 Å². The highest BCUT2D eigenvalue weighted by Crippen LogP contribution is 2.28. The number of ether oxygens (including phenoxy) is 1. The van der Waals surface area contributed by atoms with Gasteiger partial charge in [0.25, 0.3) is 5.91 Å². The zero-order valence-corrected chi connectivity index (χ0v) is 16.3. The van der Waals surface area contributed by atoms with Crippen molar-refractivity contribution in [1.29, 1.82) is 0 Å². The van der Waals surface area contributed by atoms with E-state index in [0.717, 1.165) is 5.56 Å². The largest absolute Gasteiger partial charge is 0.496 e. The zero-order valence-electron chi connectivity index (χ0n) is 16.3. The summed E-state index contributed by atoms with van der Waals surface area (Å²) in [5.74, 6) is 0.743. The van der Waals surface area contributed by atoms with E-state index in [2.05, 4.69) is 30.6 Å². The van der Waals surface area contributed by atoms with E-state index in [4.69, 9.17) is 4.74 Å². The second-order valence-corrected chi connectivity index (χ2v) is 6.32. The van der Waals surface area contributed by atoms with Gasteiger partial charge in [0.2, 0.25) is 11.9 Å². The number of aromatic nitrogens is 4. The molecule has 0 aliphatic carbocycles. The highest BCUT2D eigenvalue weighted by atomic mass is 19.1. The third-order valence-corrected chi connectivity index (χ3v) is 4.38. The Labute approximate surface area is 167 Å². The highest BCUT2D eigenvalue weighted by molar-refractivity contribution is 5.94. The number of rotatable bonds is 7. The Morgan fingerprint density at radius 2 is 2.03 bits per heavy atom. The van der Waals surface area contributed by atoms with Crippen LogP contribution in [0.1, 0.15) is 28.8 Å². The summed E-state index contributed by atoms with van der Waals surface area (Å²) in [6, 6.07) is 8.16. The van der Waals surface area contributed by atoms with E-state index < -0.39 is 5.95 Å². The van der Waals surface area contributed by atoms with Crippen molar-refractivity contribution in [2.45, 2.75) is 12.8 Å². The number of carbonyl (C=O) groups excluding carboxylic acids is 1. The molecule has 0 fully saturated rings. The first-order chi connectivity index (χ1) is 14.0. The average Bonchev–Trinajstić information content (AvgIpc) is 2.77. The Morgan fingerprint density at radius 3 is 2.72 bits per heavy atom. The Balaban J connectivity index is 1.72. The monoisotopic (exact) mass is 396 g/mol. The lowest BCUT2D eigenvalue weighted by Gasteiger charge is -2.17. The maximum absolute atomic E-state index is 13.0. The molecular formula is C20H21FN6O2. The molecular weight excluding hydrogens is 375 g/mol. The minimum Gasteiger partial charge on any atom is -0.496 e. The van der Waals surface area contributed by atoms with Crippen molar-refractivity contribution in [2.24, 2.45) is 0 Å². The normalized spacial score (nSPS) is 11.6. The summed E-state index contributed by atoms with van der Waals surface area (Å²) in [4.78, 5) is 28.0. The first-order valence-electron chi connectivity index (χ1n) is 8.96. The summed E-state index contributed by atoms with van der Waals surface area (Å²) in [5.41, 5.74) is 2.07. The topological polar surface area (TPSA) is 102 Å². The minimum atomic E-state index is -0.564. The molecule has 150 valence electrons. The van der Waals surface area contributed by atoms with Crippen LogP contribution in [-0.2, 0) is 0 Å². The van der Waals surface area contributed by atoms with Crippen molar-refractivity contribution < 1.29 is 13.9 Å². The molecule has 2 N–H and O–H groups in total. The fourth-order valence-electron chi connectivity index (χ4n) is 2.79. The molecule has 0 saturated heterocycles. The first-order valence-corrected chi connectivity index (χ1v) is 8.96. The highest BCUT2D eigenvalue weighted by Gasteiger charge is 2.15. The third-order valence-electron chi connectivity index (χ3n) is 4.38. The second kappa shape index (κ2) is 9.05. The molecule has 29 heavy (non-hydrogen) atoms. The molecule has 2 heterocycles. The molecule has 3 aromatic rings. The average molecular weight is 396 g/mol. The molecule has 0 bridgehead atoms. The van der Waals surface area contributed by atoms with Crippen molar-refractivity contribution in [2.75, 3.05) is 26.0 Å². The van der Waals surface area contributed by atoms with Gasteiger partial charge in [-0.05, 0) is 29.8 Å². The number of benzene rings is 1. The molecule has 0 aliphatic rings. The number of carbonyl (C=O) groups is 1. The molecule has 3 rings (SSSR count). The summed E-state index contributed by atoms with van der Waals surface area (Å²) in [7, 11) is 3.15. The molecule has 0 spiro atoms. The van der Waals surface area contributed by atoms with Gasteiger partial charge in [0, 0.05) is 36.8 Å². The van der Waals surface area contributed by atoms with Crippen LogP contribution >= 0.6 is 0 Å². The van der Waals surface area contributed by atoms with E-state index in [1.807, 2.05) is 13.0 Å². The Hall–Kier alpha value is -3.62. The lowest BCUT2D eigenvalue weighted by Crippen LogP contribution is -2.18. The number of anilines is 1. The fraction of sp³-hybridized carbons (Fsp3) is 0.250. The SMILES string of the molecule is CNC(=O)c1ccc(C(C)CNc2ncnc(-c3ccc(F)nc3)n2)c(OC)c1. The predicted octanol–water partition coefficient (Wildman–Crippen LogP) is 2.66. The van der Waals surface area contributed by atoms with Crippen molar-refractivity contribution >= 4 is 11.9 Å². The molecule has 1 atom stereocenters. The molecule has 0 radical (unpaired) electrons. The Bertz CT molecular complexity index is 997. The quantitative estimate of drug-likeness (QED) is 0.592. The molecule has 2 aromatic heterocycles. The standard InChI is InChI=1S/C20H21FN6O2/c1-12(15-6-4-13(19(28)22-2)8-16(15)29-3)9-24-20-26-11-25-18(27-20)14-5-7-17(21)23-10-14/h4-8,10-12H,9H2,1-3H3,(H,22,28)(H,24,25,26,27). The Kier molecular flexibility index (Phi) is 6.28. The van der Waals surface area contributed by atoms with E-state index in [9.17, 15) is 9.18 Å². The molecule has 1 amide bonds. The maximum atomic E-state index is 13.0. The molecule has 0 saturated carbocycles. The van der Waals surface area contributed by atoms with Crippen LogP contribution in [0.15, 0.2) is 42.9 Å². The minimum absolute atomic E-state index is 0.0522. The van der Waals surface area contributed by atoms with Gasteiger partial charge in [0.1, 0.15) is 12.1 Å². The summed E-state index contributed by atoms with van der Waals surface area (Å²) in [6.45, 7) is 2.55. The van der Waals surface area contributed by atoms with Crippen molar-refractivity contribution in [1.82, 2.24) is 25.3 Å². The van der Waals surface area contributed by atoms with Crippen LogP contribution in [0.4, 0.5) is 10.3 Å². The summed E-state index contributed by atoms with van der Waals surface area (Å²) in [5, 5.41) is 5.77. The second-order valence-electron chi connectivity index (χ2n) is 6.32. The van der Waals surface area contributed by atoms with Gasteiger partial charge in [-0.1, -0.05) is 13.0 Å².